The Hall–Kier alpha value is -2.50. The minimum Gasteiger partial charge on any atom is -0.386 e. The summed E-state index contributed by atoms with van der Waals surface area (Å²) in [4.78, 5) is 45.2. The molecule has 0 amide bonds. The van der Waals surface area contributed by atoms with Gasteiger partial charge in [0.1, 0.15) is 0 Å². The molecule has 0 rings (SSSR count). The summed E-state index contributed by atoms with van der Waals surface area (Å²) in [6, 6.07) is 0. The monoisotopic (exact) mass is 280 g/mol. The van der Waals surface area contributed by atoms with E-state index in [1.165, 1.54) is 13.8 Å². The molecule has 6 nitrogen and oxygen atoms in total. The molecule has 0 aromatic heterocycles. The average Bonchev–Trinajstić information content (AvgIpc) is 2.35. The molecule has 0 atom stereocenters. The minimum atomic E-state index is -1.03. The molecule has 0 bridgehead atoms. The van der Waals surface area contributed by atoms with Crippen LogP contribution in [0.5, 0.6) is 0 Å². The van der Waals surface area contributed by atoms with Crippen LogP contribution >= 0.6 is 0 Å². The van der Waals surface area contributed by atoms with Crippen molar-refractivity contribution in [3.8, 4) is 0 Å². The van der Waals surface area contributed by atoms with Crippen LogP contribution in [0.2, 0.25) is 0 Å². The Morgan fingerprint density at radius 3 is 1.75 bits per heavy atom. The topological polar surface area (TPSA) is 86.7 Å². The maximum atomic E-state index is 11.6. The van der Waals surface area contributed by atoms with Crippen molar-refractivity contribution in [2.75, 3.05) is 0 Å². The van der Waals surface area contributed by atoms with E-state index in [9.17, 15) is 19.2 Å². The number of hydrogen-bond acceptors (Lipinski definition) is 6. The second-order valence-corrected chi connectivity index (χ2v) is 3.97. The molecule has 0 fully saturated rings. The Morgan fingerprint density at radius 2 is 1.35 bits per heavy atom. The summed E-state index contributed by atoms with van der Waals surface area (Å²) in [5.74, 6) is -3.80. The molecule has 0 saturated heterocycles. The van der Waals surface area contributed by atoms with E-state index in [2.05, 4.69) is 22.6 Å². The molecule has 0 aromatic rings. The van der Waals surface area contributed by atoms with Crippen LogP contribution in [0.25, 0.3) is 0 Å². The summed E-state index contributed by atoms with van der Waals surface area (Å²) in [6.45, 7) is 11.0. The molecule has 20 heavy (non-hydrogen) atoms. The zero-order valence-corrected chi connectivity index (χ0v) is 11.6. The molecule has 0 N–H and O–H groups in total. The highest BCUT2D eigenvalue weighted by molar-refractivity contribution is 6.06. The fraction of sp³-hybridized carbons (Fsp3) is 0.286. The molecule has 0 aliphatic rings. The highest BCUT2D eigenvalue weighted by atomic mass is 16.6. The van der Waals surface area contributed by atoms with E-state index in [1.807, 2.05) is 0 Å². The smallest absolute Gasteiger partial charge is 0.342 e. The normalized spacial score (nSPS) is 10.4. The standard InChI is InChI=1S/C14H16O6/c1-6-10(14(18)20-13(17)9(4)5)7-11(15)19-12(16)8(2)3/h7H,2,4,6H2,1,3,5H3. The van der Waals surface area contributed by atoms with Crippen molar-refractivity contribution in [2.24, 2.45) is 0 Å². The fourth-order valence-electron chi connectivity index (χ4n) is 0.892. The Kier molecular flexibility index (Phi) is 6.85. The van der Waals surface area contributed by atoms with Crippen molar-refractivity contribution < 1.29 is 28.7 Å². The number of rotatable bonds is 5. The zero-order valence-electron chi connectivity index (χ0n) is 11.6. The molecule has 0 aromatic carbocycles. The molecule has 0 unspecified atom stereocenters. The summed E-state index contributed by atoms with van der Waals surface area (Å²) >= 11 is 0. The van der Waals surface area contributed by atoms with Gasteiger partial charge in [0, 0.05) is 22.8 Å². The van der Waals surface area contributed by atoms with Crippen LogP contribution in [0.1, 0.15) is 27.2 Å². The Labute approximate surface area is 116 Å². The van der Waals surface area contributed by atoms with E-state index < -0.39 is 23.9 Å². The van der Waals surface area contributed by atoms with E-state index in [4.69, 9.17) is 0 Å². The average molecular weight is 280 g/mol. The predicted octanol–water partition coefficient (Wildman–Crippen LogP) is 1.61. The van der Waals surface area contributed by atoms with E-state index in [0.717, 1.165) is 6.08 Å². The van der Waals surface area contributed by atoms with Crippen LogP contribution in [0.3, 0.4) is 0 Å². The number of carbonyl (C=O) groups is 4. The van der Waals surface area contributed by atoms with Crippen molar-refractivity contribution in [3.63, 3.8) is 0 Å². The molecule has 0 aliphatic heterocycles. The maximum absolute atomic E-state index is 11.6. The third kappa shape index (κ3) is 5.90. The van der Waals surface area contributed by atoms with Crippen molar-refractivity contribution in [3.05, 3.63) is 36.0 Å². The Balaban J connectivity index is 4.85. The molecule has 0 saturated carbocycles. The lowest BCUT2D eigenvalue weighted by molar-refractivity contribution is -0.156. The van der Waals surface area contributed by atoms with Gasteiger partial charge < -0.3 is 9.47 Å². The van der Waals surface area contributed by atoms with Crippen LogP contribution in [-0.2, 0) is 28.7 Å². The fourth-order valence-corrected chi connectivity index (χ4v) is 0.892. The van der Waals surface area contributed by atoms with E-state index in [1.54, 1.807) is 6.92 Å². The third-order valence-corrected chi connectivity index (χ3v) is 2.01. The summed E-state index contributed by atoms with van der Waals surface area (Å²) in [6.07, 6.45) is 0.924. The summed E-state index contributed by atoms with van der Waals surface area (Å²) in [7, 11) is 0. The Morgan fingerprint density at radius 1 is 0.900 bits per heavy atom. The van der Waals surface area contributed by atoms with Gasteiger partial charge >= 0.3 is 23.9 Å². The van der Waals surface area contributed by atoms with E-state index in [0.29, 0.717) is 0 Å². The Bertz CT molecular complexity index is 510. The van der Waals surface area contributed by atoms with Crippen LogP contribution in [-0.4, -0.2) is 23.9 Å². The molecule has 0 aliphatic carbocycles. The second kappa shape index (κ2) is 7.83. The molecule has 0 spiro atoms. The number of hydrogen-bond donors (Lipinski definition) is 0. The first-order chi connectivity index (χ1) is 9.18. The predicted molar refractivity (Wildman–Crippen MR) is 70.2 cm³/mol. The summed E-state index contributed by atoms with van der Waals surface area (Å²) in [5, 5.41) is 0. The van der Waals surface area contributed by atoms with Crippen LogP contribution in [0, 0.1) is 0 Å². The van der Waals surface area contributed by atoms with Gasteiger partial charge in [-0.25, -0.2) is 19.2 Å². The van der Waals surface area contributed by atoms with Gasteiger partial charge in [0.25, 0.3) is 0 Å². The van der Waals surface area contributed by atoms with E-state index in [-0.39, 0.29) is 23.1 Å². The van der Waals surface area contributed by atoms with Gasteiger partial charge in [0.05, 0.1) is 0 Å². The van der Waals surface area contributed by atoms with Crippen molar-refractivity contribution in [2.45, 2.75) is 27.2 Å². The summed E-state index contributed by atoms with van der Waals surface area (Å²) in [5.41, 5.74) is -0.00205. The van der Waals surface area contributed by atoms with Gasteiger partial charge in [-0.15, -0.1) is 0 Å². The highest BCUT2D eigenvalue weighted by Crippen LogP contribution is 2.07. The van der Waals surface area contributed by atoms with Crippen LogP contribution < -0.4 is 0 Å². The van der Waals surface area contributed by atoms with E-state index >= 15 is 0 Å². The number of esters is 4. The quantitative estimate of drug-likeness (QED) is 0.432. The molecule has 108 valence electrons. The first-order valence-electron chi connectivity index (χ1n) is 5.73. The number of ether oxygens (including phenoxy) is 2. The third-order valence-electron chi connectivity index (χ3n) is 2.01. The second-order valence-electron chi connectivity index (χ2n) is 3.97. The van der Waals surface area contributed by atoms with Gasteiger partial charge in [-0.1, -0.05) is 20.1 Å². The van der Waals surface area contributed by atoms with Crippen molar-refractivity contribution >= 4 is 23.9 Å². The molecule has 6 heteroatoms. The summed E-state index contributed by atoms with van der Waals surface area (Å²) < 4.78 is 8.84. The largest absolute Gasteiger partial charge is 0.386 e. The lowest BCUT2D eigenvalue weighted by atomic mass is 10.2. The number of carbonyl (C=O) groups excluding carboxylic acids is 4. The van der Waals surface area contributed by atoms with Gasteiger partial charge in [0.2, 0.25) is 0 Å². The van der Waals surface area contributed by atoms with Gasteiger partial charge in [-0.2, -0.15) is 0 Å². The van der Waals surface area contributed by atoms with Gasteiger partial charge in [0.15, 0.2) is 0 Å². The molecule has 0 heterocycles. The van der Waals surface area contributed by atoms with Crippen LogP contribution in [0.4, 0.5) is 0 Å². The molecular formula is C14H16O6. The molecular weight excluding hydrogens is 264 g/mol. The van der Waals surface area contributed by atoms with Crippen molar-refractivity contribution in [1.82, 2.24) is 0 Å². The highest BCUT2D eigenvalue weighted by Gasteiger charge is 2.17. The van der Waals surface area contributed by atoms with Crippen LogP contribution in [0.15, 0.2) is 36.0 Å². The molecule has 0 radical (unpaired) electrons. The SMILES string of the molecule is C=C(C)C(=O)OC(=O)C=C(CC)C(=O)OC(=O)C(=C)C. The van der Waals surface area contributed by atoms with Crippen molar-refractivity contribution in [1.29, 1.82) is 0 Å². The zero-order chi connectivity index (χ0) is 15.9. The van der Waals surface area contributed by atoms with Gasteiger partial charge in [-0.3, -0.25) is 0 Å². The lowest BCUT2D eigenvalue weighted by Crippen LogP contribution is -2.17. The lowest BCUT2D eigenvalue weighted by Gasteiger charge is -2.04. The first-order valence-corrected chi connectivity index (χ1v) is 5.73. The minimum absolute atomic E-state index is 0.0461. The van der Waals surface area contributed by atoms with Gasteiger partial charge in [-0.05, 0) is 20.3 Å². The maximum Gasteiger partial charge on any atom is 0.342 e. The first kappa shape index (κ1) is 17.5.